The van der Waals surface area contributed by atoms with E-state index in [1.54, 1.807) is 6.07 Å². The summed E-state index contributed by atoms with van der Waals surface area (Å²) in [5.74, 6) is 0.418. The molecule has 2 unspecified atom stereocenters. The molecule has 0 bridgehead atoms. The minimum atomic E-state index is -0.497. The van der Waals surface area contributed by atoms with Crippen molar-refractivity contribution < 1.29 is 9.66 Å². The maximum Gasteiger partial charge on any atom is 0.270 e. The zero-order valence-corrected chi connectivity index (χ0v) is 11.3. The van der Waals surface area contributed by atoms with Gasteiger partial charge >= 0.3 is 0 Å². The Balaban J connectivity index is 2.06. The summed E-state index contributed by atoms with van der Waals surface area (Å²) in [6.45, 7) is 3.58. The van der Waals surface area contributed by atoms with Gasteiger partial charge in [-0.2, -0.15) is 5.26 Å². The number of nitriles is 1. The molecule has 106 valence electrons. The van der Waals surface area contributed by atoms with E-state index in [2.05, 4.69) is 12.2 Å². The van der Waals surface area contributed by atoms with Crippen molar-refractivity contribution in [1.29, 1.82) is 5.26 Å². The SMILES string of the molecule is CCC1OCCC1CNc1ccc([N+](=O)[O-])cc1C#N. The number of anilines is 1. The number of non-ortho nitro benzene ring substituents is 1. The van der Waals surface area contributed by atoms with Crippen molar-refractivity contribution in [1.82, 2.24) is 0 Å². The molecule has 20 heavy (non-hydrogen) atoms. The molecule has 1 aliphatic rings. The number of nitro benzene ring substituents is 1. The first kappa shape index (κ1) is 14.3. The predicted octanol–water partition coefficient (Wildman–Crippen LogP) is 2.69. The Kier molecular flexibility index (Phi) is 4.53. The molecule has 2 rings (SSSR count). The van der Waals surface area contributed by atoms with Gasteiger partial charge in [0, 0.05) is 31.2 Å². The van der Waals surface area contributed by atoms with Crippen molar-refractivity contribution >= 4 is 11.4 Å². The summed E-state index contributed by atoms with van der Waals surface area (Å²) >= 11 is 0. The van der Waals surface area contributed by atoms with Gasteiger partial charge in [0.15, 0.2) is 0 Å². The summed E-state index contributed by atoms with van der Waals surface area (Å²) in [7, 11) is 0. The standard InChI is InChI=1S/C14H17N3O3/c1-2-14-10(5-6-20-14)9-16-13-4-3-12(17(18)19)7-11(13)8-15/h3-4,7,10,14,16H,2,5-6,9H2,1H3. The number of hydrogen-bond acceptors (Lipinski definition) is 5. The number of ether oxygens (including phenoxy) is 1. The Morgan fingerprint density at radius 3 is 3.05 bits per heavy atom. The van der Waals surface area contributed by atoms with Crippen LogP contribution in [-0.4, -0.2) is 24.2 Å². The Bertz CT molecular complexity index is 539. The number of benzene rings is 1. The summed E-state index contributed by atoms with van der Waals surface area (Å²) in [6, 6.07) is 6.29. The lowest BCUT2D eigenvalue weighted by molar-refractivity contribution is -0.384. The lowest BCUT2D eigenvalue weighted by atomic mass is 9.99. The molecule has 1 heterocycles. The van der Waals surface area contributed by atoms with Gasteiger partial charge in [-0.1, -0.05) is 6.92 Å². The van der Waals surface area contributed by atoms with Gasteiger partial charge in [-0.05, 0) is 18.9 Å². The van der Waals surface area contributed by atoms with Crippen LogP contribution < -0.4 is 5.32 Å². The van der Waals surface area contributed by atoms with Crippen LogP contribution in [0.2, 0.25) is 0 Å². The molecule has 6 heteroatoms. The second-order valence-electron chi connectivity index (χ2n) is 4.85. The molecule has 1 aliphatic heterocycles. The maximum atomic E-state index is 10.7. The zero-order chi connectivity index (χ0) is 14.5. The van der Waals surface area contributed by atoms with Crippen LogP contribution in [0.3, 0.4) is 0 Å². The molecule has 0 saturated carbocycles. The van der Waals surface area contributed by atoms with Crippen molar-refractivity contribution in [2.75, 3.05) is 18.5 Å². The van der Waals surface area contributed by atoms with Crippen LogP contribution >= 0.6 is 0 Å². The van der Waals surface area contributed by atoms with Gasteiger partial charge in [-0.25, -0.2) is 0 Å². The minimum Gasteiger partial charge on any atom is -0.384 e. The number of nitrogens with zero attached hydrogens (tertiary/aromatic N) is 2. The topological polar surface area (TPSA) is 88.2 Å². The van der Waals surface area contributed by atoms with E-state index in [1.165, 1.54) is 12.1 Å². The van der Waals surface area contributed by atoms with Gasteiger partial charge < -0.3 is 10.1 Å². The lowest BCUT2D eigenvalue weighted by Crippen LogP contribution is -2.23. The van der Waals surface area contributed by atoms with E-state index < -0.39 is 4.92 Å². The van der Waals surface area contributed by atoms with Gasteiger partial charge in [0.2, 0.25) is 0 Å². The molecule has 1 N–H and O–H groups in total. The van der Waals surface area contributed by atoms with E-state index >= 15 is 0 Å². The second kappa shape index (κ2) is 6.35. The number of nitro groups is 1. The van der Waals surface area contributed by atoms with Crippen LogP contribution in [0.1, 0.15) is 25.3 Å². The first-order chi connectivity index (χ1) is 9.65. The molecular weight excluding hydrogens is 258 g/mol. The molecule has 1 aromatic rings. The number of rotatable bonds is 5. The van der Waals surface area contributed by atoms with Crippen LogP contribution in [0.4, 0.5) is 11.4 Å². The van der Waals surface area contributed by atoms with Crippen molar-refractivity contribution in [3.8, 4) is 6.07 Å². The highest BCUT2D eigenvalue weighted by molar-refractivity contribution is 5.61. The van der Waals surface area contributed by atoms with Crippen molar-refractivity contribution in [2.24, 2.45) is 5.92 Å². The van der Waals surface area contributed by atoms with E-state index in [0.29, 0.717) is 23.7 Å². The summed E-state index contributed by atoms with van der Waals surface area (Å²) in [5.41, 5.74) is 0.869. The van der Waals surface area contributed by atoms with Crippen molar-refractivity contribution in [3.05, 3.63) is 33.9 Å². The van der Waals surface area contributed by atoms with Gasteiger partial charge in [-0.15, -0.1) is 0 Å². The van der Waals surface area contributed by atoms with E-state index in [-0.39, 0.29) is 11.8 Å². The Labute approximate surface area is 117 Å². The third-order valence-electron chi connectivity index (χ3n) is 3.64. The summed E-state index contributed by atoms with van der Waals surface area (Å²) in [4.78, 5) is 10.2. The summed E-state index contributed by atoms with van der Waals surface area (Å²) in [6.07, 6.45) is 2.23. The fourth-order valence-corrected chi connectivity index (χ4v) is 2.51. The highest BCUT2D eigenvalue weighted by Crippen LogP contribution is 2.26. The first-order valence-corrected chi connectivity index (χ1v) is 6.69. The van der Waals surface area contributed by atoms with Crippen LogP contribution in [0.25, 0.3) is 0 Å². The van der Waals surface area contributed by atoms with Crippen LogP contribution in [0, 0.1) is 27.4 Å². The highest BCUT2D eigenvalue weighted by Gasteiger charge is 2.26. The third-order valence-corrected chi connectivity index (χ3v) is 3.64. The quantitative estimate of drug-likeness (QED) is 0.659. The van der Waals surface area contributed by atoms with Gasteiger partial charge in [0.1, 0.15) is 6.07 Å². The second-order valence-corrected chi connectivity index (χ2v) is 4.85. The summed E-state index contributed by atoms with van der Waals surface area (Å²) in [5, 5.41) is 23.0. The van der Waals surface area contributed by atoms with Gasteiger partial charge in [0.25, 0.3) is 5.69 Å². The largest absolute Gasteiger partial charge is 0.384 e. The molecule has 0 aliphatic carbocycles. The van der Waals surface area contributed by atoms with E-state index in [4.69, 9.17) is 10.00 Å². The average Bonchev–Trinajstić information content (AvgIpc) is 2.92. The number of hydrogen-bond donors (Lipinski definition) is 1. The fraction of sp³-hybridized carbons (Fsp3) is 0.500. The first-order valence-electron chi connectivity index (χ1n) is 6.69. The Hall–Kier alpha value is -2.13. The highest BCUT2D eigenvalue weighted by atomic mass is 16.6. The van der Waals surface area contributed by atoms with E-state index in [9.17, 15) is 10.1 Å². The van der Waals surface area contributed by atoms with Crippen molar-refractivity contribution in [2.45, 2.75) is 25.9 Å². The summed E-state index contributed by atoms with van der Waals surface area (Å²) < 4.78 is 5.62. The van der Waals surface area contributed by atoms with Crippen LogP contribution in [0.15, 0.2) is 18.2 Å². The molecule has 1 aromatic carbocycles. The van der Waals surface area contributed by atoms with E-state index in [1.807, 2.05) is 6.07 Å². The monoisotopic (exact) mass is 275 g/mol. The molecular formula is C14H17N3O3. The van der Waals surface area contributed by atoms with Crippen molar-refractivity contribution in [3.63, 3.8) is 0 Å². The molecule has 0 aromatic heterocycles. The minimum absolute atomic E-state index is 0.0669. The maximum absolute atomic E-state index is 10.7. The van der Waals surface area contributed by atoms with E-state index in [0.717, 1.165) is 19.4 Å². The molecule has 1 fully saturated rings. The van der Waals surface area contributed by atoms with Crippen LogP contribution in [-0.2, 0) is 4.74 Å². The zero-order valence-electron chi connectivity index (χ0n) is 11.3. The molecule has 1 saturated heterocycles. The molecule has 0 spiro atoms. The third kappa shape index (κ3) is 3.06. The Morgan fingerprint density at radius 1 is 1.60 bits per heavy atom. The lowest BCUT2D eigenvalue weighted by Gasteiger charge is -2.18. The van der Waals surface area contributed by atoms with Crippen LogP contribution in [0.5, 0.6) is 0 Å². The fourth-order valence-electron chi connectivity index (χ4n) is 2.51. The van der Waals surface area contributed by atoms with Gasteiger partial charge in [0.05, 0.1) is 22.3 Å². The normalized spacial score (nSPS) is 21.4. The number of nitrogens with one attached hydrogen (secondary N) is 1. The molecule has 0 radical (unpaired) electrons. The predicted molar refractivity (Wildman–Crippen MR) is 74.4 cm³/mol. The Morgan fingerprint density at radius 2 is 2.40 bits per heavy atom. The smallest absolute Gasteiger partial charge is 0.270 e. The van der Waals surface area contributed by atoms with Gasteiger partial charge in [-0.3, -0.25) is 10.1 Å². The average molecular weight is 275 g/mol. The molecule has 6 nitrogen and oxygen atoms in total. The molecule has 2 atom stereocenters. The molecule has 0 amide bonds.